The van der Waals surface area contributed by atoms with Crippen molar-refractivity contribution in [2.75, 3.05) is 55.7 Å². The lowest BCUT2D eigenvalue weighted by molar-refractivity contribution is -0.137. The standard InChI is InChI=1S/C26H30N4O6/c1-18(31)27-12-22-14-30(26(33)36-22)20-7-8-23-24(11-20)35-16-21-13-28(9-10-29(21)23)25(32)17-34-15-19-5-3-2-4-6-19/h2-8,11,21-22H,9-10,12-17H2,1H3,(H,27,31)/t21-,22-/m0/s1. The van der Waals surface area contributed by atoms with Crippen molar-refractivity contribution >= 4 is 29.3 Å². The van der Waals surface area contributed by atoms with Gasteiger partial charge in [-0.3, -0.25) is 14.5 Å². The Bertz CT molecular complexity index is 1130. The molecule has 2 fully saturated rings. The van der Waals surface area contributed by atoms with Crippen molar-refractivity contribution in [3.05, 3.63) is 54.1 Å². The minimum Gasteiger partial charge on any atom is -0.489 e. The van der Waals surface area contributed by atoms with Gasteiger partial charge < -0.3 is 29.3 Å². The fraction of sp³-hybridized carbons (Fsp3) is 0.423. The van der Waals surface area contributed by atoms with E-state index in [0.717, 1.165) is 11.3 Å². The molecule has 1 N–H and O–H groups in total. The van der Waals surface area contributed by atoms with Gasteiger partial charge in [-0.05, 0) is 17.7 Å². The summed E-state index contributed by atoms with van der Waals surface area (Å²) in [5, 5.41) is 2.68. The minimum absolute atomic E-state index is 0.0203. The van der Waals surface area contributed by atoms with Crippen LogP contribution in [-0.2, 0) is 25.7 Å². The first-order valence-electron chi connectivity index (χ1n) is 12.1. The number of fused-ring (bicyclic) bond motifs is 3. The second-order valence-corrected chi connectivity index (χ2v) is 9.18. The van der Waals surface area contributed by atoms with Crippen LogP contribution in [0.4, 0.5) is 16.2 Å². The van der Waals surface area contributed by atoms with Gasteiger partial charge in [0.25, 0.3) is 0 Å². The summed E-state index contributed by atoms with van der Waals surface area (Å²) in [6.45, 7) is 4.83. The molecule has 0 spiro atoms. The predicted molar refractivity (Wildman–Crippen MR) is 132 cm³/mol. The Morgan fingerprint density at radius 3 is 2.75 bits per heavy atom. The Balaban J connectivity index is 1.17. The number of benzene rings is 2. The molecule has 190 valence electrons. The quantitative estimate of drug-likeness (QED) is 0.626. The van der Waals surface area contributed by atoms with Gasteiger partial charge in [-0.2, -0.15) is 0 Å². The van der Waals surface area contributed by atoms with Crippen molar-refractivity contribution in [1.82, 2.24) is 10.2 Å². The maximum atomic E-state index is 12.7. The van der Waals surface area contributed by atoms with E-state index in [9.17, 15) is 14.4 Å². The normalized spacial score (nSPS) is 20.8. The van der Waals surface area contributed by atoms with Crippen molar-refractivity contribution in [3.63, 3.8) is 0 Å². The topological polar surface area (TPSA) is 101 Å². The number of ether oxygens (including phenoxy) is 3. The number of carbonyl (C=O) groups is 3. The zero-order valence-corrected chi connectivity index (χ0v) is 20.2. The number of hydrogen-bond donors (Lipinski definition) is 1. The monoisotopic (exact) mass is 494 g/mol. The maximum Gasteiger partial charge on any atom is 0.414 e. The predicted octanol–water partition coefficient (Wildman–Crippen LogP) is 1.77. The van der Waals surface area contributed by atoms with E-state index in [1.807, 2.05) is 53.4 Å². The van der Waals surface area contributed by atoms with Crippen LogP contribution in [0, 0.1) is 0 Å². The first-order chi connectivity index (χ1) is 17.5. The largest absolute Gasteiger partial charge is 0.489 e. The highest BCUT2D eigenvalue weighted by molar-refractivity contribution is 5.91. The van der Waals surface area contributed by atoms with Crippen LogP contribution in [0.5, 0.6) is 5.75 Å². The average Bonchev–Trinajstić information content (AvgIpc) is 3.27. The van der Waals surface area contributed by atoms with Gasteiger partial charge in [-0.15, -0.1) is 0 Å². The van der Waals surface area contributed by atoms with Gasteiger partial charge in [0.1, 0.15) is 25.1 Å². The molecule has 2 aromatic carbocycles. The molecule has 2 saturated heterocycles. The highest BCUT2D eigenvalue weighted by atomic mass is 16.6. The molecule has 0 radical (unpaired) electrons. The number of cyclic esters (lactones) is 1. The smallest absolute Gasteiger partial charge is 0.414 e. The average molecular weight is 495 g/mol. The molecular weight excluding hydrogens is 464 g/mol. The summed E-state index contributed by atoms with van der Waals surface area (Å²) < 4.78 is 17.1. The fourth-order valence-electron chi connectivity index (χ4n) is 4.77. The van der Waals surface area contributed by atoms with Crippen LogP contribution in [0.3, 0.4) is 0 Å². The van der Waals surface area contributed by atoms with E-state index >= 15 is 0 Å². The number of hydrogen-bond acceptors (Lipinski definition) is 7. The number of anilines is 2. The first-order valence-corrected chi connectivity index (χ1v) is 12.1. The van der Waals surface area contributed by atoms with Crippen LogP contribution in [0.25, 0.3) is 0 Å². The van der Waals surface area contributed by atoms with E-state index in [1.54, 1.807) is 4.90 Å². The Labute approximate surface area is 209 Å². The van der Waals surface area contributed by atoms with Crippen molar-refractivity contribution in [2.24, 2.45) is 0 Å². The molecule has 0 bridgehead atoms. The molecule has 5 rings (SSSR count). The lowest BCUT2D eigenvalue weighted by Crippen LogP contribution is -2.59. The van der Waals surface area contributed by atoms with Gasteiger partial charge >= 0.3 is 6.09 Å². The maximum absolute atomic E-state index is 12.7. The van der Waals surface area contributed by atoms with Crippen molar-refractivity contribution < 1.29 is 28.6 Å². The third-order valence-corrected chi connectivity index (χ3v) is 6.62. The number of amides is 3. The van der Waals surface area contributed by atoms with Crippen LogP contribution < -0.4 is 19.9 Å². The van der Waals surface area contributed by atoms with Crippen LogP contribution in [0.1, 0.15) is 12.5 Å². The van der Waals surface area contributed by atoms with E-state index in [1.165, 1.54) is 6.92 Å². The van der Waals surface area contributed by atoms with Crippen LogP contribution in [0.15, 0.2) is 48.5 Å². The van der Waals surface area contributed by atoms with E-state index in [2.05, 4.69) is 10.2 Å². The summed E-state index contributed by atoms with van der Waals surface area (Å²) in [6, 6.07) is 15.5. The zero-order chi connectivity index (χ0) is 25.1. The van der Waals surface area contributed by atoms with Crippen LogP contribution in [0.2, 0.25) is 0 Å². The highest BCUT2D eigenvalue weighted by Gasteiger charge is 2.36. The highest BCUT2D eigenvalue weighted by Crippen LogP contribution is 2.39. The van der Waals surface area contributed by atoms with E-state index in [0.29, 0.717) is 50.8 Å². The molecule has 3 amide bonds. The third kappa shape index (κ3) is 5.23. The van der Waals surface area contributed by atoms with Gasteiger partial charge in [0, 0.05) is 32.6 Å². The number of nitrogens with zero attached hydrogens (tertiary/aromatic N) is 3. The van der Waals surface area contributed by atoms with Gasteiger partial charge in [0.2, 0.25) is 11.8 Å². The molecule has 3 aliphatic rings. The molecule has 0 unspecified atom stereocenters. The van der Waals surface area contributed by atoms with Crippen molar-refractivity contribution in [1.29, 1.82) is 0 Å². The Kier molecular flexibility index (Phi) is 6.95. The number of rotatable bonds is 7. The molecule has 2 aromatic rings. The molecule has 36 heavy (non-hydrogen) atoms. The fourth-order valence-corrected chi connectivity index (χ4v) is 4.77. The Hall–Kier alpha value is -3.79. The van der Waals surface area contributed by atoms with E-state index < -0.39 is 12.2 Å². The van der Waals surface area contributed by atoms with Gasteiger partial charge in [-0.1, -0.05) is 30.3 Å². The summed E-state index contributed by atoms with van der Waals surface area (Å²) in [5.74, 6) is 0.517. The number of piperazine rings is 1. The molecule has 10 nitrogen and oxygen atoms in total. The second kappa shape index (κ2) is 10.4. The van der Waals surface area contributed by atoms with E-state index in [-0.39, 0.29) is 31.0 Å². The van der Waals surface area contributed by atoms with Crippen molar-refractivity contribution in [3.8, 4) is 5.75 Å². The molecule has 10 heteroatoms. The lowest BCUT2D eigenvalue weighted by Gasteiger charge is -2.45. The molecule has 3 heterocycles. The summed E-state index contributed by atoms with van der Waals surface area (Å²) in [6.07, 6.45) is -0.842. The second-order valence-electron chi connectivity index (χ2n) is 9.18. The Morgan fingerprint density at radius 2 is 1.94 bits per heavy atom. The molecular formula is C26H30N4O6. The number of carbonyl (C=O) groups excluding carboxylic acids is 3. The summed E-state index contributed by atoms with van der Waals surface area (Å²) in [5.41, 5.74) is 2.67. The van der Waals surface area contributed by atoms with Crippen molar-refractivity contribution in [2.45, 2.75) is 25.7 Å². The lowest BCUT2D eigenvalue weighted by atomic mass is 10.1. The third-order valence-electron chi connectivity index (χ3n) is 6.62. The molecule has 3 aliphatic heterocycles. The molecule has 0 saturated carbocycles. The summed E-state index contributed by atoms with van der Waals surface area (Å²) in [4.78, 5) is 41.9. The summed E-state index contributed by atoms with van der Waals surface area (Å²) >= 11 is 0. The van der Waals surface area contributed by atoms with E-state index in [4.69, 9.17) is 14.2 Å². The SMILES string of the molecule is CC(=O)NC[C@H]1CN(c2ccc3c(c2)OC[C@@H]2CN(C(=O)COCc4ccccc4)CCN32)C(=O)O1. The minimum atomic E-state index is -0.444. The van der Waals surface area contributed by atoms with Crippen LogP contribution >= 0.6 is 0 Å². The molecule has 0 aromatic heterocycles. The van der Waals surface area contributed by atoms with Crippen LogP contribution in [-0.4, -0.2) is 80.9 Å². The number of nitrogens with one attached hydrogen (secondary N) is 1. The summed E-state index contributed by atoms with van der Waals surface area (Å²) in [7, 11) is 0. The van der Waals surface area contributed by atoms with Gasteiger partial charge in [0.15, 0.2) is 0 Å². The van der Waals surface area contributed by atoms with Gasteiger partial charge in [-0.25, -0.2) is 4.79 Å². The molecule has 2 atom stereocenters. The zero-order valence-electron chi connectivity index (χ0n) is 20.2. The van der Waals surface area contributed by atoms with Gasteiger partial charge in [0.05, 0.1) is 37.1 Å². The Morgan fingerprint density at radius 1 is 1.11 bits per heavy atom. The first kappa shape index (κ1) is 23.9. The molecule has 0 aliphatic carbocycles.